The van der Waals surface area contributed by atoms with E-state index in [1.807, 2.05) is 0 Å². The highest BCUT2D eigenvalue weighted by atomic mass is 79.9. The lowest BCUT2D eigenvalue weighted by Crippen LogP contribution is -2.34. The van der Waals surface area contributed by atoms with Crippen LogP contribution in [0.25, 0.3) is 0 Å². The molecule has 0 radical (unpaired) electrons. The molecule has 2 aromatic rings. The van der Waals surface area contributed by atoms with Crippen LogP contribution in [0.3, 0.4) is 0 Å². The van der Waals surface area contributed by atoms with E-state index in [1.54, 1.807) is 0 Å². The number of rotatable bonds is 7. The van der Waals surface area contributed by atoms with E-state index < -0.39 is 0 Å². The van der Waals surface area contributed by atoms with Crippen molar-refractivity contribution in [3.63, 3.8) is 0 Å². The second kappa shape index (κ2) is 9.09. The summed E-state index contributed by atoms with van der Waals surface area (Å²) in [7, 11) is 0. The molecule has 1 aromatic heterocycles. The van der Waals surface area contributed by atoms with E-state index in [-0.39, 0.29) is 0 Å². The topological polar surface area (TPSA) is 51.4 Å². The number of nitrogens with zero attached hydrogens (tertiary/aromatic N) is 3. The van der Waals surface area contributed by atoms with E-state index in [4.69, 9.17) is 9.26 Å². The molecule has 0 saturated carbocycles. The number of anilines is 1. The second-order valence-corrected chi connectivity index (χ2v) is 8.68. The first-order valence-corrected chi connectivity index (χ1v) is 10.7. The number of ether oxygens (including phenoxy) is 1. The van der Waals surface area contributed by atoms with Gasteiger partial charge in [-0.2, -0.15) is 4.98 Å². The van der Waals surface area contributed by atoms with Crippen molar-refractivity contribution in [2.24, 2.45) is 5.92 Å². The molecule has 3 rings (SSSR count). The van der Waals surface area contributed by atoms with Crippen molar-refractivity contribution in [3.05, 3.63) is 33.6 Å². The molecule has 1 aliphatic heterocycles. The number of halogens is 1. The molecule has 0 amide bonds. The van der Waals surface area contributed by atoms with Crippen LogP contribution in [0.4, 0.5) is 6.01 Å². The molecule has 1 saturated heterocycles. The van der Waals surface area contributed by atoms with Gasteiger partial charge in [0, 0.05) is 23.5 Å². The van der Waals surface area contributed by atoms with Crippen LogP contribution in [0.1, 0.15) is 62.4 Å². The van der Waals surface area contributed by atoms with Crippen molar-refractivity contribution < 1.29 is 9.26 Å². The standard InChI is InChI=1S/C21H30BrN3O2/c1-14(2)20-23-21(27-24-20)25-9-7-17(8-10-25)6-5-11-26-18-12-15(3)19(22)16(4)13-18/h12-14,17H,5-11H2,1-4H3. The molecule has 2 heterocycles. The second-order valence-electron chi connectivity index (χ2n) is 7.88. The fraction of sp³-hybridized carbons (Fsp3) is 0.619. The Morgan fingerprint density at radius 3 is 2.48 bits per heavy atom. The lowest BCUT2D eigenvalue weighted by molar-refractivity contribution is 0.276. The van der Waals surface area contributed by atoms with Crippen molar-refractivity contribution in [2.45, 2.75) is 59.3 Å². The molecular weight excluding hydrogens is 406 g/mol. The van der Waals surface area contributed by atoms with Crippen molar-refractivity contribution in [2.75, 3.05) is 24.6 Å². The maximum atomic E-state index is 5.96. The van der Waals surface area contributed by atoms with Gasteiger partial charge in [0.05, 0.1) is 6.61 Å². The van der Waals surface area contributed by atoms with Gasteiger partial charge in [0.15, 0.2) is 5.82 Å². The van der Waals surface area contributed by atoms with Gasteiger partial charge in [0.2, 0.25) is 0 Å². The molecule has 0 N–H and O–H groups in total. The summed E-state index contributed by atoms with van der Waals surface area (Å²) < 4.78 is 12.6. The molecule has 0 unspecified atom stereocenters. The summed E-state index contributed by atoms with van der Waals surface area (Å²) in [5, 5.41) is 4.07. The molecule has 5 nitrogen and oxygen atoms in total. The highest BCUT2D eigenvalue weighted by Gasteiger charge is 2.23. The minimum absolute atomic E-state index is 0.304. The van der Waals surface area contributed by atoms with Crippen molar-refractivity contribution in [1.82, 2.24) is 10.1 Å². The minimum atomic E-state index is 0.304. The van der Waals surface area contributed by atoms with Crippen LogP contribution < -0.4 is 9.64 Å². The van der Waals surface area contributed by atoms with Crippen LogP contribution in [-0.4, -0.2) is 29.8 Å². The maximum Gasteiger partial charge on any atom is 0.324 e. The van der Waals surface area contributed by atoms with Gasteiger partial charge in [-0.25, -0.2) is 0 Å². The first-order chi connectivity index (χ1) is 12.9. The first kappa shape index (κ1) is 20.2. The summed E-state index contributed by atoms with van der Waals surface area (Å²) in [5.41, 5.74) is 2.44. The van der Waals surface area contributed by atoms with Crippen LogP contribution in [-0.2, 0) is 0 Å². The lowest BCUT2D eigenvalue weighted by Gasteiger charge is -2.30. The van der Waals surface area contributed by atoms with Gasteiger partial charge in [0.1, 0.15) is 5.75 Å². The number of hydrogen-bond acceptors (Lipinski definition) is 5. The summed E-state index contributed by atoms with van der Waals surface area (Å²) in [6, 6.07) is 4.89. The molecule has 0 aliphatic carbocycles. The average Bonchev–Trinajstić information content (AvgIpc) is 3.14. The summed E-state index contributed by atoms with van der Waals surface area (Å²) in [5.74, 6) is 2.83. The third-order valence-corrected chi connectivity index (χ3v) is 6.52. The van der Waals surface area contributed by atoms with Crippen LogP contribution in [0.5, 0.6) is 5.75 Å². The zero-order valence-corrected chi connectivity index (χ0v) is 18.4. The molecule has 27 heavy (non-hydrogen) atoms. The number of piperidine rings is 1. The fourth-order valence-corrected chi connectivity index (χ4v) is 3.78. The highest BCUT2D eigenvalue weighted by Crippen LogP contribution is 2.28. The SMILES string of the molecule is Cc1cc(OCCCC2CCN(c3nc(C(C)C)no3)CC2)cc(C)c1Br. The number of aromatic nitrogens is 2. The lowest BCUT2D eigenvalue weighted by atomic mass is 9.92. The molecule has 0 atom stereocenters. The minimum Gasteiger partial charge on any atom is -0.494 e. The van der Waals surface area contributed by atoms with Gasteiger partial charge in [-0.3, -0.25) is 0 Å². The van der Waals surface area contributed by atoms with Gasteiger partial charge in [0.25, 0.3) is 0 Å². The summed E-state index contributed by atoms with van der Waals surface area (Å²) in [4.78, 5) is 6.73. The zero-order valence-electron chi connectivity index (χ0n) is 16.8. The zero-order chi connectivity index (χ0) is 19.4. The summed E-state index contributed by atoms with van der Waals surface area (Å²) in [6.07, 6.45) is 4.66. The van der Waals surface area contributed by atoms with Gasteiger partial charge >= 0.3 is 6.01 Å². The molecule has 0 bridgehead atoms. The van der Waals surface area contributed by atoms with Crippen LogP contribution in [0.2, 0.25) is 0 Å². The molecular formula is C21H30BrN3O2. The quantitative estimate of drug-likeness (QED) is 0.525. The van der Waals surface area contributed by atoms with Crippen molar-refractivity contribution >= 4 is 21.9 Å². The van der Waals surface area contributed by atoms with E-state index in [1.165, 1.54) is 34.9 Å². The first-order valence-electron chi connectivity index (χ1n) is 9.92. The van der Waals surface area contributed by atoms with Crippen molar-refractivity contribution in [3.8, 4) is 5.75 Å². The summed E-state index contributed by atoms with van der Waals surface area (Å²) in [6.45, 7) is 11.1. The molecule has 148 valence electrons. The van der Waals surface area contributed by atoms with Gasteiger partial charge in [-0.15, -0.1) is 0 Å². The number of aryl methyl sites for hydroxylation is 2. The van der Waals surface area contributed by atoms with E-state index >= 15 is 0 Å². The number of hydrogen-bond donors (Lipinski definition) is 0. The summed E-state index contributed by atoms with van der Waals surface area (Å²) >= 11 is 3.60. The molecule has 0 spiro atoms. The molecule has 1 aromatic carbocycles. The van der Waals surface area contributed by atoms with Gasteiger partial charge < -0.3 is 14.2 Å². The Hall–Kier alpha value is -1.56. The van der Waals surface area contributed by atoms with Crippen LogP contribution >= 0.6 is 15.9 Å². The van der Waals surface area contributed by atoms with E-state index in [0.29, 0.717) is 11.9 Å². The predicted octanol–water partition coefficient (Wildman–Crippen LogP) is 5.65. The Bertz CT molecular complexity index is 729. The Kier molecular flexibility index (Phi) is 6.79. The van der Waals surface area contributed by atoms with Crippen LogP contribution in [0, 0.1) is 19.8 Å². The van der Waals surface area contributed by atoms with Gasteiger partial charge in [-0.05, 0) is 68.7 Å². The Morgan fingerprint density at radius 2 is 1.89 bits per heavy atom. The third-order valence-electron chi connectivity index (χ3n) is 5.27. The van der Waals surface area contributed by atoms with E-state index in [9.17, 15) is 0 Å². The smallest absolute Gasteiger partial charge is 0.324 e. The Morgan fingerprint density at radius 1 is 1.22 bits per heavy atom. The van der Waals surface area contributed by atoms with Gasteiger partial charge in [-0.1, -0.05) is 34.9 Å². The Labute approximate surface area is 170 Å². The predicted molar refractivity (Wildman–Crippen MR) is 112 cm³/mol. The average molecular weight is 436 g/mol. The van der Waals surface area contributed by atoms with E-state index in [0.717, 1.165) is 43.6 Å². The third kappa shape index (κ3) is 5.24. The fourth-order valence-electron chi connectivity index (χ4n) is 3.55. The highest BCUT2D eigenvalue weighted by molar-refractivity contribution is 9.10. The van der Waals surface area contributed by atoms with Crippen LogP contribution in [0.15, 0.2) is 21.1 Å². The molecule has 6 heteroatoms. The number of benzene rings is 1. The van der Waals surface area contributed by atoms with Crippen molar-refractivity contribution in [1.29, 1.82) is 0 Å². The molecule has 1 fully saturated rings. The molecule has 1 aliphatic rings. The monoisotopic (exact) mass is 435 g/mol. The Balaban J connectivity index is 1.38. The normalized spacial score (nSPS) is 15.6. The van der Waals surface area contributed by atoms with E-state index in [2.05, 4.69) is 70.8 Å². The maximum absolute atomic E-state index is 5.96. The largest absolute Gasteiger partial charge is 0.494 e.